The Morgan fingerprint density at radius 2 is 1.78 bits per heavy atom. The first kappa shape index (κ1) is 25.6. The van der Waals surface area contributed by atoms with Crippen LogP contribution < -0.4 is 9.64 Å². The molecule has 2 heterocycles. The fourth-order valence-electron chi connectivity index (χ4n) is 7.09. The number of fused-ring (bicyclic) bond motifs is 1. The summed E-state index contributed by atoms with van der Waals surface area (Å²) in [5.74, 6) is 2.72. The maximum Gasteiger partial charge on any atom is 0.511 e. The number of carboxylic acid groups (broad SMARTS) is 1. The minimum atomic E-state index is -1.30. The molecule has 1 aromatic heterocycles. The van der Waals surface area contributed by atoms with E-state index in [-0.39, 0.29) is 12.0 Å². The van der Waals surface area contributed by atoms with Crippen molar-refractivity contribution in [3.8, 4) is 5.75 Å². The number of nitrogens with zero attached hydrogens (tertiary/aromatic N) is 4. The second-order valence-corrected chi connectivity index (χ2v) is 11.4. The molecule has 2 atom stereocenters. The monoisotopic (exact) mass is 507 g/mol. The van der Waals surface area contributed by atoms with Crippen LogP contribution in [0.4, 0.5) is 10.6 Å². The maximum atomic E-state index is 13.6. The molecular formula is C29H39N4O4+. The summed E-state index contributed by atoms with van der Waals surface area (Å²) < 4.78 is 5.70. The predicted octanol–water partition coefficient (Wildman–Crippen LogP) is 5.01. The van der Waals surface area contributed by atoms with Crippen molar-refractivity contribution >= 4 is 17.8 Å². The Hall–Kier alpha value is -3.00. The summed E-state index contributed by atoms with van der Waals surface area (Å²) in [7, 11) is 2.27. The van der Waals surface area contributed by atoms with Gasteiger partial charge in [-0.3, -0.25) is 4.79 Å². The molecule has 198 valence electrons. The minimum absolute atomic E-state index is 0.151. The van der Waals surface area contributed by atoms with Gasteiger partial charge in [-0.05, 0) is 50.8 Å². The number of rotatable bonds is 7. The lowest BCUT2D eigenvalue weighted by molar-refractivity contribution is -0.955. The SMILES string of the molecule is Cc1cc(N2CCC([N+](C)(CC(=O)C3CCCC3)[C@@H]3CCc4ccc(OC(=O)O)cc43)CC2)nc(C)n1. The molecule has 1 saturated heterocycles. The summed E-state index contributed by atoms with van der Waals surface area (Å²) >= 11 is 0. The van der Waals surface area contributed by atoms with Crippen LogP contribution in [0.2, 0.25) is 0 Å². The third-order valence-corrected chi connectivity index (χ3v) is 8.96. The van der Waals surface area contributed by atoms with Gasteiger partial charge in [-0.2, -0.15) is 0 Å². The average molecular weight is 508 g/mol. The Labute approximate surface area is 219 Å². The highest BCUT2D eigenvalue weighted by Crippen LogP contribution is 2.45. The summed E-state index contributed by atoms with van der Waals surface area (Å²) in [4.78, 5) is 36.2. The van der Waals surface area contributed by atoms with E-state index in [1.54, 1.807) is 6.07 Å². The number of likely N-dealkylation sites (N-methyl/N-ethyl adjacent to an activating group) is 1. The standard InChI is InChI=1S/C29H38N4O4/c1-19-16-28(31-20(2)30-19)32-14-12-23(13-15-32)33(3,18-27(34)22-6-4-5-7-22)26-11-9-21-8-10-24(17-25(21)26)37-29(35)36/h8,10,16-17,22-23,26H,4-7,9,11-15,18H2,1-3H3/p+1/t26-,33?/m1/s1. The van der Waals surface area contributed by atoms with E-state index in [0.717, 1.165) is 87.4 Å². The van der Waals surface area contributed by atoms with Gasteiger partial charge in [-0.25, -0.2) is 14.8 Å². The first-order valence-electron chi connectivity index (χ1n) is 13.7. The molecule has 8 heteroatoms. The van der Waals surface area contributed by atoms with Crippen LogP contribution in [-0.2, 0) is 11.2 Å². The normalized spacial score (nSPS) is 22.0. The fourth-order valence-corrected chi connectivity index (χ4v) is 7.09. The number of ketones is 1. The van der Waals surface area contributed by atoms with E-state index < -0.39 is 6.16 Å². The van der Waals surface area contributed by atoms with E-state index in [1.807, 2.05) is 26.0 Å². The van der Waals surface area contributed by atoms with Crippen LogP contribution >= 0.6 is 0 Å². The van der Waals surface area contributed by atoms with E-state index in [2.05, 4.69) is 28.0 Å². The highest BCUT2D eigenvalue weighted by Gasteiger charge is 2.47. The number of hydrogen-bond acceptors (Lipinski definition) is 6. The van der Waals surface area contributed by atoms with Crippen LogP contribution in [0.5, 0.6) is 5.75 Å². The molecule has 1 saturated carbocycles. The van der Waals surface area contributed by atoms with Crippen LogP contribution in [-0.4, -0.2) is 64.2 Å². The van der Waals surface area contributed by atoms with E-state index in [4.69, 9.17) is 9.84 Å². The van der Waals surface area contributed by atoms with Crippen molar-refractivity contribution in [2.75, 3.05) is 31.6 Å². The molecule has 1 unspecified atom stereocenters. The van der Waals surface area contributed by atoms with Gasteiger partial charge in [-0.15, -0.1) is 0 Å². The van der Waals surface area contributed by atoms with E-state index in [9.17, 15) is 9.59 Å². The molecule has 0 amide bonds. The number of quaternary nitrogens is 1. The number of carbonyl (C=O) groups excluding carboxylic acids is 1. The summed E-state index contributed by atoms with van der Waals surface area (Å²) in [6, 6.07) is 8.19. The van der Waals surface area contributed by atoms with Gasteiger partial charge in [0.05, 0.1) is 13.1 Å². The van der Waals surface area contributed by atoms with Gasteiger partial charge in [0.1, 0.15) is 30.0 Å². The van der Waals surface area contributed by atoms with Crippen LogP contribution in [0.1, 0.15) is 73.6 Å². The Kier molecular flexibility index (Phi) is 7.21. The molecule has 2 aliphatic carbocycles. The Balaban J connectivity index is 1.41. The molecule has 1 N–H and O–H groups in total. The molecular weight excluding hydrogens is 468 g/mol. The summed E-state index contributed by atoms with van der Waals surface area (Å²) in [6.07, 6.45) is 6.90. The van der Waals surface area contributed by atoms with Gasteiger partial charge >= 0.3 is 6.16 Å². The Morgan fingerprint density at radius 1 is 1.05 bits per heavy atom. The summed E-state index contributed by atoms with van der Waals surface area (Å²) in [5.41, 5.74) is 3.36. The van der Waals surface area contributed by atoms with E-state index in [0.29, 0.717) is 28.6 Å². The number of Topliss-reactive ketones (excluding diaryl/α,β-unsaturated/α-hetero) is 1. The van der Waals surface area contributed by atoms with Crippen molar-refractivity contribution < 1.29 is 23.9 Å². The van der Waals surface area contributed by atoms with Crippen LogP contribution in [0.25, 0.3) is 0 Å². The molecule has 5 rings (SSSR count). The fraction of sp³-hybridized carbons (Fsp3) is 0.586. The minimum Gasteiger partial charge on any atom is -0.449 e. The predicted molar refractivity (Wildman–Crippen MR) is 141 cm³/mol. The number of carbonyl (C=O) groups is 2. The second-order valence-electron chi connectivity index (χ2n) is 11.4. The topological polar surface area (TPSA) is 92.6 Å². The zero-order valence-corrected chi connectivity index (χ0v) is 22.3. The van der Waals surface area contributed by atoms with Gasteiger partial charge in [0.15, 0.2) is 5.78 Å². The number of piperidine rings is 1. The first-order chi connectivity index (χ1) is 17.7. The quantitative estimate of drug-likeness (QED) is 0.320. The van der Waals surface area contributed by atoms with E-state index in [1.165, 1.54) is 5.56 Å². The first-order valence-corrected chi connectivity index (χ1v) is 13.7. The van der Waals surface area contributed by atoms with Crippen molar-refractivity contribution in [3.05, 3.63) is 46.9 Å². The smallest absolute Gasteiger partial charge is 0.449 e. The molecule has 0 bridgehead atoms. The Bertz CT molecular complexity index is 1150. The lowest BCUT2D eigenvalue weighted by atomic mass is 9.92. The average Bonchev–Trinajstić information content (AvgIpc) is 3.54. The molecule has 2 aromatic rings. The molecule has 1 aliphatic heterocycles. The van der Waals surface area contributed by atoms with Gasteiger partial charge in [-0.1, -0.05) is 18.9 Å². The van der Waals surface area contributed by atoms with Crippen molar-refractivity contribution in [2.45, 2.75) is 77.3 Å². The molecule has 3 aliphatic rings. The number of benzene rings is 1. The number of hydrogen-bond donors (Lipinski definition) is 1. The molecule has 0 spiro atoms. The number of aromatic nitrogens is 2. The van der Waals surface area contributed by atoms with Crippen molar-refractivity contribution in [1.29, 1.82) is 0 Å². The van der Waals surface area contributed by atoms with Gasteiger partial charge in [0, 0.05) is 55.6 Å². The Morgan fingerprint density at radius 3 is 2.46 bits per heavy atom. The van der Waals surface area contributed by atoms with Crippen molar-refractivity contribution in [3.63, 3.8) is 0 Å². The molecule has 2 fully saturated rings. The van der Waals surface area contributed by atoms with Crippen LogP contribution in [0.3, 0.4) is 0 Å². The summed E-state index contributed by atoms with van der Waals surface area (Å²) in [5, 5.41) is 9.15. The zero-order chi connectivity index (χ0) is 26.2. The maximum absolute atomic E-state index is 13.6. The third-order valence-electron chi connectivity index (χ3n) is 8.96. The summed E-state index contributed by atoms with van der Waals surface area (Å²) in [6.45, 7) is 6.27. The second kappa shape index (κ2) is 10.4. The van der Waals surface area contributed by atoms with Crippen LogP contribution in [0, 0.1) is 19.8 Å². The van der Waals surface area contributed by atoms with E-state index >= 15 is 0 Å². The number of ether oxygens (including phenoxy) is 1. The lowest BCUT2D eigenvalue weighted by Crippen LogP contribution is -2.60. The lowest BCUT2D eigenvalue weighted by Gasteiger charge is -2.49. The van der Waals surface area contributed by atoms with Crippen molar-refractivity contribution in [1.82, 2.24) is 9.97 Å². The highest BCUT2D eigenvalue weighted by atomic mass is 16.7. The molecule has 37 heavy (non-hydrogen) atoms. The van der Waals surface area contributed by atoms with Gasteiger partial charge in [0.25, 0.3) is 0 Å². The number of aryl methyl sites for hydroxylation is 3. The van der Waals surface area contributed by atoms with Gasteiger partial charge < -0.3 is 19.2 Å². The van der Waals surface area contributed by atoms with Gasteiger partial charge in [0.2, 0.25) is 0 Å². The van der Waals surface area contributed by atoms with Crippen LogP contribution in [0.15, 0.2) is 24.3 Å². The molecule has 8 nitrogen and oxygen atoms in total. The zero-order valence-electron chi connectivity index (χ0n) is 22.3. The largest absolute Gasteiger partial charge is 0.511 e. The highest BCUT2D eigenvalue weighted by molar-refractivity contribution is 5.82. The molecule has 1 aromatic carbocycles. The molecule has 0 radical (unpaired) electrons. The third kappa shape index (κ3) is 5.35. The number of anilines is 1. The van der Waals surface area contributed by atoms with Crippen molar-refractivity contribution in [2.24, 2.45) is 5.92 Å².